The molecule has 3 fully saturated rings. The van der Waals surface area contributed by atoms with Gasteiger partial charge in [0.1, 0.15) is 5.70 Å². The Labute approximate surface area is 172 Å². The highest BCUT2D eigenvalue weighted by Crippen LogP contribution is 2.52. The number of aliphatic hydroxyl groups is 1. The molecular formula is C18H26N2O4S3. The third-order valence-corrected chi connectivity index (χ3v) is 10.6. The van der Waals surface area contributed by atoms with Crippen LogP contribution < -0.4 is 5.32 Å². The van der Waals surface area contributed by atoms with E-state index in [0.29, 0.717) is 15.9 Å². The van der Waals surface area contributed by atoms with E-state index in [1.165, 1.54) is 22.8 Å². The van der Waals surface area contributed by atoms with Crippen LogP contribution in [0.1, 0.15) is 26.7 Å². The number of carboxylic acid groups (broad SMARTS) is 1. The molecule has 6 atom stereocenters. The molecule has 150 valence electrons. The zero-order chi connectivity index (χ0) is 19.3. The van der Waals surface area contributed by atoms with Crippen molar-refractivity contribution in [2.24, 2.45) is 11.8 Å². The number of amides is 1. The molecule has 3 saturated heterocycles. The van der Waals surface area contributed by atoms with Crippen LogP contribution in [0.2, 0.25) is 0 Å². The van der Waals surface area contributed by atoms with Gasteiger partial charge in [0.25, 0.3) is 0 Å². The SMILES string of the molecule is C[C@@H](O)[C@H]1C(=O)N2C(C(=O)O)=C(S[C@@H]3CN[C@H](C4SCCCS4)C3)[C@H](C)[C@H]12. The first-order valence-electron chi connectivity index (χ1n) is 9.52. The van der Waals surface area contributed by atoms with Crippen molar-refractivity contribution in [3.63, 3.8) is 0 Å². The van der Waals surface area contributed by atoms with Crippen molar-refractivity contribution in [1.29, 1.82) is 0 Å². The Morgan fingerprint density at radius 2 is 2.07 bits per heavy atom. The fourth-order valence-corrected chi connectivity index (χ4v) is 9.23. The van der Waals surface area contributed by atoms with Crippen molar-refractivity contribution in [2.75, 3.05) is 18.1 Å². The molecule has 3 N–H and O–H groups in total. The zero-order valence-electron chi connectivity index (χ0n) is 15.5. The lowest BCUT2D eigenvalue weighted by atomic mass is 9.79. The molecular weight excluding hydrogens is 404 g/mol. The van der Waals surface area contributed by atoms with E-state index in [0.717, 1.165) is 17.9 Å². The van der Waals surface area contributed by atoms with Crippen LogP contribution in [0.3, 0.4) is 0 Å². The van der Waals surface area contributed by atoms with E-state index in [1.807, 2.05) is 30.4 Å². The molecule has 0 saturated carbocycles. The highest BCUT2D eigenvalue weighted by molar-refractivity contribution is 8.17. The Bertz CT molecular complexity index is 665. The van der Waals surface area contributed by atoms with E-state index in [9.17, 15) is 19.8 Å². The topological polar surface area (TPSA) is 89.9 Å². The standard InChI is InChI=1S/C18H26N2O4S3/c1-8-13-12(9(2)21)16(22)20(13)14(17(23)24)15(8)27-10-6-11(19-7-10)18-25-4-3-5-26-18/h8-13,18-19,21H,3-7H2,1-2H3,(H,23,24)/t8-,9-,10+,11+,12-,13-/m1/s1. The van der Waals surface area contributed by atoms with Gasteiger partial charge < -0.3 is 20.4 Å². The number of carbonyl (C=O) groups excluding carboxylic acids is 1. The van der Waals surface area contributed by atoms with E-state index in [2.05, 4.69) is 5.32 Å². The maximum Gasteiger partial charge on any atom is 0.353 e. The lowest BCUT2D eigenvalue weighted by molar-refractivity contribution is -0.163. The van der Waals surface area contributed by atoms with Crippen molar-refractivity contribution < 1.29 is 19.8 Å². The second-order valence-corrected chi connectivity index (χ2v) is 11.9. The minimum absolute atomic E-state index is 0.0455. The minimum atomic E-state index is -1.04. The molecule has 0 bridgehead atoms. The van der Waals surface area contributed by atoms with Crippen molar-refractivity contribution in [3.8, 4) is 0 Å². The first-order valence-corrected chi connectivity index (χ1v) is 12.5. The number of β-lactam (4-membered cyclic amide) rings is 1. The number of aliphatic hydroxyl groups excluding tert-OH is 1. The summed E-state index contributed by atoms with van der Waals surface area (Å²) in [6, 6.07) is 0.243. The lowest BCUT2D eigenvalue weighted by Gasteiger charge is -2.46. The van der Waals surface area contributed by atoms with Crippen LogP contribution in [0.25, 0.3) is 0 Å². The zero-order valence-corrected chi connectivity index (χ0v) is 17.9. The molecule has 0 unspecified atom stereocenters. The van der Waals surface area contributed by atoms with Crippen LogP contribution in [0, 0.1) is 11.8 Å². The Hall–Kier alpha value is -0.350. The van der Waals surface area contributed by atoms with Gasteiger partial charge >= 0.3 is 5.97 Å². The molecule has 1 amide bonds. The lowest BCUT2D eigenvalue weighted by Crippen LogP contribution is -2.63. The van der Waals surface area contributed by atoms with Crippen LogP contribution >= 0.6 is 35.3 Å². The third-order valence-electron chi connectivity index (χ3n) is 5.91. The average molecular weight is 431 g/mol. The van der Waals surface area contributed by atoms with Gasteiger partial charge in [-0.3, -0.25) is 4.79 Å². The molecule has 9 heteroatoms. The highest BCUT2D eigenvalue weighted by Gasteiger charge is 2.60. The number of nitrogens with one attached hydrogen (secondary N) is 1. The third kappa shape index (κ3) is 3.43. The van der Waals surface area contributed by atoms with E-state index in [1.54, 1.807) is 18.7 Å². The van der Waals surface area contributed by atoms with E-state index >= 15 is 0 Å². The summed E-state index contributed by atoms with van der Waals surface area (Å²) in [7, 11) is 0. The van der Waals surface area contributed by atoms with Gasteiger partial charge in [0, 0.05) is 28.7 Å². The predicted octanol–water partition coefficient (Wildman–Crippen LogP) is 1.80. The predicted molar refractivity (Wildman–Crippen MR) is 111 cm³/mol. The Balaban J connectivity index is 1.48. The number of thioether (sulfide) groups is 3. The van der Waals surface area contributed by atoms with Crippen LogP contribution in [-0.4, -0.2) is 73.1 Å². The van der Waals surface area contributed by atoms with E-state index in [4.69, 9.17) is 0 Å². The van der Waals surface area contributed by atoms with Crippen LogP contribution in [-0.2, 0) is 9.59 Å². The molecule has 4 aliphatic rings. The van der Waals surface area contributed by atoms with Gasteiger partial charge in [-0.25, -0.2) is 4.79 Å². The summed E-state index contributed by atoms with van der Waals surface area (Å²) in [5.41, 5.74) is 0.143. The number of carbonyl (C=O) groups is 2. The number of rotatable bonds is 5. The van der Waals surface area contributed by atoms with Crippen LogP contribution in [0.5, 0.6) is 0 Å². The monoisotopic (exact) mass is 430 g/mol. The Morgan fingerprint density at radius 1 is 1.37 bits per heavy atom. The van der Waals surface area contributed by atoms with Crippen molar-refractivity contribution in [3.05, 3.63) is 10.6 Å². The molecule has 27 heavy (non-hydrogen) atoms. The number of hydrogen-bond donors (Lipinski definition) is 3. The molecule has 0 radical (unpaired) electrons. The van der Waals surface area contributed by atoms with Gasteiger partial charge in [0.05, 0.1) is 22.6 Å². The Kier molecular flexibility index (Phi) is 5.77. The average Bonchev–Trinajstić information content (AvgIpc) is 3.18. The first-order chi connectivity index (χ1) is 12.9. The van der Waals surface area contributed by atoms with E-state index in [-0.39, 0.29) is 23.6 Å². The number of carboxylic acids is 1. The van der Waals surface area contributed by atoms with Gasteiger partial charge in [0.15, 0.2) is 0 Å². The number of nitrogens with zero attached hydrogens (tertiary/aromatic N) is 1. The van der Waals surface area contributed by atoms with Gasteiger partial charge in [-0.15, -0.1) is 35.3 Å². The summed E-state index contributed by atoms with van der Waals surface area (Å²) >= 11 is 5.69. The molecule has 0 spiro atoms. The summed E-state index contributed by atoms with van der Waals surface area (Å²) in [6.45, 7) is 4.47. The number of hydrogen-bond acceptors (Lipinski definition) is 7. The quantitative estimate of drug-likeness (QED) is 0.569. The normalized spacial score (nSPS) is 38.1. The highest BCUT2D eigenvalue weighted by atomic mass is 32.2. The fourth-order valence-electron chi connectivity index (χ4n) is 4.63. The summed E-state index contributed by atoms with van der Waals surface area (Å²) in [6.07, 6.45) is 1.55. The molecule has 4 aliphatic heterocycles. The molecule has 4 rings (SSSR count). The number of fused-ring (bicyclic) bond motifs is 1. The summed E-state index contributed by atoms with van der Waals surface area (Å²) in [4.78, 5) is 26.6. The molecule has 0 aromatic rings. The smallest absolute Gasteiger partial charge is 0.353 e. The number of aliphatic carboxylic acids is 1. The fraction of sp³-hybridized carbons (Fsp3) is 0.778. The maximum absolute atomic E-state index is 12.4. The van der Waals surface area contributed by atoms with Crippen molar-refractivity contribution in [2.45, 2.75) is 54.7 Å². The molecule has 4 heterocycles. The summed E-state index contributed by atoms with van der Waals surface area (Å²) < 4.78 is 0.583. The van der Waals surface area contributed by atoms with Crippen molar-refractivity contribution in [1.82, 2.24) is 10.2 Å². The van der Waals surface area contributed by atoms with Gasteiger partial charge in [0.2, 0.25) is 5.91 Å². The molecule has 0 aromatic carbocycles. The van der Waals surface area contributed by atoms with Gasteiger partial charge in [-0.05, 0) is 31.3 Å². The molecule has 0 aromatic heterocycles. The van der Waals surface area contributed by atoms with Gasteiger partial charge in [-0.1, -0.05) is 6.92 Å². The van der Waals surface area contributed by atoms with Crippen molar-refractivity contribution >= 4 is 47.2 Å². The minimum Gasteiger partial charge on any atom is -0.477 e. The van der Waals surface area contributed by atoms with Gasteiger partial charge in [-0.2, -0.15) is 0 Å². The second-order valence-electron chi connectivity index (χ2n) is 7.73. The summed E-state index contributed by atoms with van der Waals surface area (Å²) in [5.74, 6) is 0.613. The Morgan fingerprint density at radius 3 is 2.70 bits per heavy atom. The van der Waals surface area contributed by atoms with Crippen LogP contribution in [0.4, 0.5) is 0 Å². The second kappa shape index (κ2) is 7.82. The maximum atomic E-state index is 12.4. The molecule has 0 aliphatic carbocycles. The first kappa shape index (κ1) is 19.9. The van der Waals surface area contributed by atoms with E-state index < -0.39 is 18.0 Å². The van der Waals surface area contributed by atoms with Crippen LogP contribution in [0.15, 0.2) is 10.6 Å². The largest absolute Gasteiger partial charge is 0.477 e. The molecule has 6 nitrogen and oxygen atoms in total. The summed E-state index contributed by atoms with van der Waals surface area (Å²) in [5, 5.41) is 23.6.